The fourth-order valence-corrected chi connectivity index (χ4v) is 4.92. The largest absolute Gasteiger partial charge is 0.404 e. The smallest absolute Gasteiger partial charge is 0.193 e. The lowest BCUT2D eigenvalue weighted by molar-refractivity contribution is 0.261. The van der Waals surface area contributed by atoms with E-state index in [1.165, 1.54) is 18.1 Å². The molecule has 0 aliphatic heterocycles. The van der Waals surface area contributed by atoms with Gasteiger partial charge in [0.05, 0.1) is 0 Å². The first-order valence-electron chi connectivity index (χ1n) is 6.90. The molecule has 0 bridgehead atoms. The third-order valence-electron chi connectivity index (χ3n) is 3.55. The van der Waals surface area contributed by atoms with E-state index in [4.69, 9.17) is 4.43 Å². The topological polar surface area (TPSA) is 9.23 Å². The molecule has 0 aliphatic rings. The molecule has 1 rings (SSSR count). The van der Waals surface area contributed by atoms with Gasteiger partial charge in [-0.1, -0.05) is 50.8 Å². The van der Waals surface area contributed by atoms with Crippen molar-refractivity contribution in [1.29, 1.82) is 0 Å². The van der Waals surface area contributed by atoms with Gasteiger partial charge in [-0.3, -0.25) is 0 Å². The summed E-state index contributed by atoms with van der Waals surface area (Å²) in [4.78, 5) is 0. The maximum Gasteiger partial charge on any atom is 0.193 e. The van der Waals surface area contributed by atoms with Crippen molar-refractivity contribution in [3.63, 3.8) is 0 Å². The first-order valence-corrected chi connectivity index (χ1v) is 9.43. The van der Waals surface area contributed by atoms with Crippen LogP contribution in [0, 0.1) is 11.8 Å². The monoisotopic (exact) mass is 260 g/mol. The van der Waals surface area contributed by atoms with E-state index in [1.54, 1.807) is 0 Å². The fourth-order valence-electron chi connectivity index (χ4n) is 2.11. The Morgan fingerprint density at radius 2 is 1.61 bits per heavy atom. The van der Waals surface area contributed by atoms with E-state index in [2.05, 4.69) is 39.5 Å². The molecule has 1 aromatic rings. The van der Waals surface area contributed by atoms with Crippen LogP contribution in [0.4, 0.5) is 0 Å². The zero-order chi connectivity index (χ0) is 13.4. The molecule has 0 saturated carbocycles. The first-order chi connectivity index (χ1) is 8.65. The Morgan fingerprint density at radius 3 is 2.11 bits per heavy atom. The van der Waals surface area contributed by atoms with Crippen LogP contribution >= 0.6 is 0 Å². The van der Waals surface area contributed by atoms with Gasteiger partial charge in [0.1, 0.15) is 6.10 Å². The van der Waals surface area contributed by atoms with Gasteiger partial charge >= 0.3 is 0 Å². The molecule has 0 amide bonds. The second-order valence-electron chi connectivity index (χ2n) is 4.64. The zero-order valence-electron chi connectivity index (χ0n) is 12.0. The summed E-state index contributed by atoms with van der Waals surface area (Å²) in [5, 5.41) is 0. The predicted molar refractivity (Wildman–Crippen MR) is 81.1 cm³/mol. The summed E-state index contributed by atoms with van der Waals surface area (Å²) >= 11 is 0. The van der Waals surface area contributed by atoms with Crippen molar-refractivity contribution in [1.82, 2.24) is 0 Å². The van der Waals surface area contributed by atoms with Crippen LogP contribution in [0.5, 0.6) is 0 Å². The number of hydrogen-bond acceptors (Lipinski definition) is 1. The Hall–Kier alpha value is -1.04. The van der Waals surface area contributed by atoms with Crippen molar-refractivity contribution in [2.75, 3.05) is 0 Å². The van der Waals surface area contributed by atoms with Crippen molar-refractivity contribution in [3.05, 3.63) is 35.9 Å². The van der Waals surface area contributed by atoms with Gasteiger partial charge < -0.3 is 4.43 Å². The molecule has 0 spiro atoms. The number of benzene rings is 1. The molecule has 2 heteroatoms. The SMILES string of the molecule is CC[Si](CC)(CC)OC(C)C#Cc1ccccc1. The van der Waals surface area contributed by atoms with Crippen molar-refractivity contribution in [3.8, 4) is 11.8 Å². The Balaban J connectivity index is 2.67. The Bertz CT molecular complexity index is 390. The number of rotatable bonds is 5. The minimum absolute atomic E-state index is 0.0386. The summed E-state index contributed by atoms with van der Waals surface area (Å²) in [5.74, 6) is 6.41. The van der Waals surface area contributed by atoms with Crippen molar-refractivity contribution in [2.24, 2.45) is 0 Å². The fraction of sp³-hybridized carbons (Fsp3) is 0.500. The van der Waals surface area contributed by atoms with Crippen LogP contribution in [0.2, 0.25) is 18.1 Å². The van der Waals surface area contributed by atoms with E-state index in [1.807, 2.05) is 30.3 Å². The van der Waals surface area contributed by atoms with Crippen LogP contribution in [-0.4, -0.2) is 14.4 Å². The summed E-state index contributed by atoms with van der Waals surface area (Å²) in [6.07, 6.45) is 0.0386. The van der Waals surface area contributed by atoms with Gasteiger partial charge in [-0.2, -0.15) is 0 Å². The summed E-state index contributed by atoms with van der Waals surface area (Å²) in [6.45, 7) is 8.81. The van der Waals surface area contributed by atoms with E-state index in [0.29, 0.717) is 0 Å². The molecular weight excluding hydrogens is 236 g/mol. The summed E-state index contributed by atoms with van der Waals surface area (Å²) in [5.41, 5.74) is 1.06. The molecule has 18 heavy (non-hydrogen) atoms. The standard InChI is InChI=1S/C16H24OSi/c1-5-18(6-2,7-3)17-15(4)13-14-16-11-9-8-10-12-16/h8-12,15H,5-7H2,1-4H3. The van der Waals surface area contributed by atoms with E-state index in [0.717, 1.165) is 5.56 Å². The Morgan fingerprint density at radius 1 is 1.06 bits per heavy atom. The van der Waals surface area contributed by atoms with E-state index in [9.17, 15) is 0 Å². The maximum absolute atomic E-state index is 6.27. The molecule has 98 valence electrons. The highest BCUT2D eigenvalue weighted by atomic mass is 28.4. The van der Waals surface area contributed by atoms with E-state index in [-0.39, 0.29) is 6.10 Å². The van der Waals surface area contributed by atoms with Crippen molar-refractivity contribution >= 4 is 8.32 Å². The van der Waals surface area contributed by atoms with Crippen molar-refractivity contribution < 1.29 is 4.43 Å². The molecular formula is C16H24OSi. The molecule has 1 aromatic carbocycles. The van der Waals surface area contributed by atoms with Crippen LogP contribution < -0.4 is 0 Å². The van der Waals surface area contributed by atoms with Crippen LogP contribution in [-0.2, 0) is 4.43 Å². The average Bonchev–Trinajstić information content (AvgIpc) is 2.44. The maximum atomic E-state index is 6.27. The van der Waals surface area contributed by atoms with Crippen LogP contribution in [0.1, 0.15) is 33.3 Å². The minimum atomic E-state index is -1.52. The molecule has 1 unspecified atom stereocenters. The third kappa shape index (κ3) is 4.32. The minimum Gasteiger partial charge on any atom is -0.404 e. The lowest BCUT2D eigenvalue weighted by Gasteiger charge is -2.29. The molecule has 0 aliphatic carbocycles. The van der Waals surface area contributed by atoms with E-state index < -0.39 is 8.32 Å². The van der Waals surface area contributed by atoms with Crippen molar-refractivity contribution in [2.45, 2.75) is 51.9 Å². The molecule has 0 N–H and O–H groups in total. The average molecular weight is 260 g/mol. The zero-order valence-corrected chi connectivity index (χ0v) is 13.0. The van der Waals surface area contributed by atoms with Gasteiger partial charge in [0.15, 0.2) is 8.32 Å². The summed E-state index contributed by atoms with van der Waals surface area (Å²) in [6, 6.07) is 13.6. The lowest BCUT2D eigenvalue weighted by atomic mass is 10.2. The highest BCUT2D eigenvalue weighted by molar-refractivity contribution is 6.73. The molecule has 1 nitrogen and oxygen atoms in total. The highest BCUT2D eigenvalue weighted by Crippen LogP contribution is 2.23. The normalized spacial score (nSPS) is 12.7. The van der Waals surface area contributed by atoms with Gasteiger partial charge in [-0.15, -0.1) is 0 Å². The van der Waals surface area contributed by atoms with Crippen LogP contribution in [0.25, 0.3) is 0 Å². The molecule has 0 saturated heterocycles. The quantitative estimate of drug-likeness (QED) is 0.561. The van der Waals surface area contributed by atoms with Gasteiger partial charge in [0.25, 0.3) is 0 Å². The molecule has 0 radical (unpaired) electrons. The summed E-state index contributed by atoms with van der Waals surface area (Å²) < 4.78 is 6.27. The lowest BCUT2D eigenvalue weighted by Crippen LogP contribution is -2.38. The highest BCUT2D eigenvalue weighted by Gasteiger charge is 2.30. The first kappa shape index (κ1) is 15.0. The van der Waals surface area contributed by atoms with Crippen LogP contribution in [0.15, 0.2) is 30.3 Å². The molecule has 0 aromatic heterocycles. The van der Waals surface area contributed by atoms with Gasteiger partial charge in [-0.05, 0) is 37.2 Å². The van der Waals surface area contributed by atoms with E-state index >= 15 is 0 Å². The number of hydrogen-bond donors (Lipinski definition) is 0. The predicted octanol–water partition coefficient (Wildman–Crippen LogP) is 4.45. The Kier molecular flexibility index (Phi) is 6.18. The second-order valence-corrected chi connectivity index (χ2v) is 9.36. The molecule has 0 fully saturated rings. The van der Waals surface area contributed by atoms with Crippen LogP contribution in [0.3, 0.4) is 0 Å². The van der Waals surface area contributed by atoms with Gasteiger partial charge in [0, 0.05) is 5.56 Å². The Labute approximate surface area is 113 Å². The van der Waals surface area contributed by atoms with Gasteiger partial charge in [-0.25, -0.2) is 0 Å². The van der Waals surface area contributed by atoms with Gasteiger partial charge in [0.2, 0.25) is 0 Å². The second kappa shape index (κ2) is 7.40. The summed E-state index contributed by atoms with van der Waals surface area (Å²) in [7, 11) is -1.52. The molecule has 1 atom stereocenters. The molecule has 0 heterocycles. The third-order valence-corrected chi connectivity index (χ3v) is 8.27.